The quantitative estimate of drug-likeness (QED) is 0.0261. The number of hydrogen-bond acceptors (Lipinski definition) is 6. The van der Waals surface area contributed by atoms with Crippen molar-refractivity contribution in [2.45, 2.75) is 406 Å². The predicted molar refractivity (Wildman–Crippen MR) is 349 cm³/mol. The van der Waals surface area contributed by atoms with E-state index in [1.807, 2.05) is 0 Å². The monoisotopic (exact) mass is 1120 g/mol. The average Bonchev–Trinajstić information content (AvgIpc) is 3.46. The first-order valence-corrected chi connectivity index (χ1v) is 36.0. The lowest BCUT2D eigenvalue weighted by molar-refractivity contribution is -0.167. The number of ether oxygens (including phenoxy) is 3. The summed E-state index contributed by atoms with van der Waals surface area (Å²) in [5, 5.41) is 0. The lowest BCUT2D eigenvalue weighted by Crippen LogP contribution is -2.30. The van der Waals surface area contributed by atoms with Gasteiger partial charge in [0.1, 0.15) is 13.2 Å². The normalized spacial score (nSPS) is 12.2. The summed E-state index contributed by atoms with van der Waals surface area (Å²) in [7, 11) is 0. The molecule has 0 bridgehead atoms. The molecule has 0 fully saturated rings. The molecule has 0 heterocycles. The molecule has 0 aromatic rings. The largest absolute Gasteiger partial charge is 0.462 e. The van der Waals surface area contributed by atoms with Gasteiger partial charge in [0.25, 0.3) is 0 Å². The second kappa shape index (κ2) is 69.1. The van der Waals surface area contributed by atoms with Crippen molar-refractivity contribution >= 4 is 17.9 Å². The van der Waals surface area contributed by atoms with Crippen molar-refractivity contribution in [2.75, 3.05) is 13.2 Å². The number of rotatable bonds is 67. The smallest absolute Gasteiger partial charge is 0.306 e. The molecule has 1 unspecified atom stereocenters. The van der Waals surface area contributed by atoms with Gasteiger partial charge in [-0.15, -0.1) is 0 Å². The molecule has 1 atom stereocenters. The summed E-state index contributed by atoms with van der Waals surface area (Å²) in [6.07, 6.45) is 86.2. The van der Waals surface area contributed by atoms with Crippen molar-refractivity contribution < 1.29 is 28.6 Å². The van der Waals surface area contributed by atoms with E-state index in [-0.39, 0.29) is 31.1 Å². The lowest BCUT2D eigenvalue weighted by Gasteiger charge is -2.18. The van der Waals surface area contributed by atoms with Crippen molar-refractivity contribution in [1.29, 1.82) is 0 Å². The van der Waals surface area contributed by atoms with Crippen LogP contribution in [0.15, 0.2) is 36.5 Å². The van der Waals surface area contributed by atoms with Gasteiger partial charge in [0.05, 0.1) is 0 Å². The summed E-state index contributed by atoms with van der Waals surface area (Å²) in [5.74, 6) is -0.858. The number of allylic oxidation sites excluding steroid dienone is 6. The number of unbranched alkanes of at least 4 members (excludes halogenated alkanes) is 50. The van der Waals surface area contributed by atoms with Gasteiger partial charge in [-0.2, -0.15) is 0 Å². The van der Waals surface area contributed by atoms with Crippen LogP contribution in [0.5, 0.6) is 0 Å². The molecule has 80 heavy (non-hydrogen) atoms. The van der Waals surface area contributed by atoms with Crippen LogP contribution in [0.4, 0.5) is 0 Å². The Morgan fingerprint density at radius 1 is 0.263 bits per heavy atom. The third kappa shape index (κ3) is 66.4. The average molecular weight is 1120 g/mol. The Kier molecular flexibility index (Phi) is 67.1. The Hall–Kier alpha value is -2.37. The molecule has 0 aromatic heterocycles. The first kappa shape index (κ1) is 77.6. The maximum atomic E-state index is 13.0. The van der Waals surface area contributed by atoms with Crippen LogP contribution in [0, 0.1) is 0 Å². The van der Waals surface area contributed by atoms with E-state index in [1.165, 1.54) is 263 Å². The highest BCUT2D eigenvalue weighted by Gasteiger charge is 2.19. The van der Waals surface area contributed by atoms with Gasteiger partial charge in [0, 0.05) is 19.3 Å². The van der Waals surface area contributed by atoms with Gasteiger partial charge in [-0.3, -0.25) is 14.4 Å². The molecule has 6 heteroatoms. The van der Waals surface area contributed by atoms with Crippen molar-refractivity contribution in [2.24, 2.45) is 0 Å². The Morgan fingerprint density at radius 3 is 0.762 bits per heavy atom. The van der Waals surface area contributed by atoms with E-state index in [1.54, 1.807) is 0 Å². The van der Waals surface area contributed by atoms with Crippen LogP contribution in [0.2, 0.25) is 0 Å². The molecule has 0 saturated carbocycles. The first-order valence-electron chi connectivity index (χ1n) is 36.0. The Balaban J connectivity index is 4.23. The van der Waals surface area contributed by atoms with Crippen LogP contribution < -0.4 is 0 Å². The number of carbonyl (C=O) groups is 3. The van der Waals surface area contributed by atoms with E-state index in [0.29, 0.717) is 19.3 Å². The summed E-state index contributed by atoms with van der Waals surface area (Å²) in [4.78, 5) is 38.4. The zero-order valence-corrected chi connectivity index (χ0v) is 54.1. The molecule has 0 rings (SSSR count). The van der Waals surface area contributed by atoms with Gasteiger partial charge in [0.2, 0.25) is 0 Å². The van der Waals surface area contributed by atoms with Crippen LogP contribution in [-0.2, 0) is 28.6 Å². The molecule has 0 aliphatic rings. The lowest BCUT2D eigenvalue weighted by atomic mass is 10.0. The van der Waals surface area contributed by atoms with Gasteiger partial charge in [-0.05, 0) is 51.4 Å². The summed E-state index contributed by atoms with van der Waals surface area (Å²) in [6, 6.07) is 0. The molecule has 6 nitrogen and oxygen atoms in total. The number of esters is 3. The van der Waals surface area contributed by atoms with Gasteiger partial charge in [-0.25, -0.2) is 0 Å². The third-order valence-corrected chi connectivity index (χ3v) is 16.4. The van der Waals surface area contributed by atoms with Crippen LogP contribution in [-0.4, -0.2) is 37.2 Å². The zero-order valence-electron chi connectivity index (χ0n) is 54.1. The molecule has 470 valence electrons. The molecule has 0 aromatic carbocycles. The van der Waals surface area contributed by atoms with Gasteiger partial charge >= 0.3 is 17.9 Å². The minimum atomic E-state index is -0.777. The van der Waals surface area contributed by atoms with Crippen molar-refractivity contribution in [3.05, 3.63) is 36.5 Å². The topological polar surface area (TPSA) is 78.9 Å². The van der Waals surface area contributed by atoms with E-state index in [2.05, 4.69) is 57.2 Å². The number of carbonyl (C=O) groups excluding carboxylic acids is 3. The highest BCUT2D eigenvalue weighted by molar-refractivity contribution is 5.71. The van der Waals surface area contributed by atoms with E-state index in [4.69, 9.17) is 14.2 Å². The summed E-state index contributed by atoms with van der Waals surface area (Å²) >= 11 is 0. The van der Waals surface area contributed by atoms with E-state index in [0.717, 1.165) is 96.3 Å². The number of hydrogen-bond donors (Lipinski definition) is 0. The van der Waals surface area contributed by atoms with Crippen molar-refractivity contribution in [3.8, 4) is 0 Å². The summed E-state index contributed by atoms with van der Waals surface area (Å²) < 4.78 is 17.0. The maximum Gasteiger partial charge on any atom is 0.306 e. The molecule has 0 radical (unpaired) electrons. The molecular formula is C74H138O6. The first-order chi connectivity index (χ1) is 39.5. The Labute approximate surface area is 499 Å². The van der Waals surface area contributed by atoms with Gasteiger partial charge < -0.3 is 14.2 Å². The van der Waals surface area contributed by atoms with Crippen molar-refractivity contribution in [1.82, 2.24) is 0 Å². The van der Waals surface area contributed by atoms with Crippen LogP contribution in [0.1, 0.15) is 400 Å². The fourth-order valence-electron chi connectivity index (χ4n) is 11.1. The highest BCUT2D eigenvalue weighted by Crippen LogP contribution is 2.19. The van der Waals surface area contributed by atoms with Crippen LogP contribution in [0.3, 0.4) is 0 Å². The molecule has 0 spiro atoms. The Morgan fingerprint density at radius 2 is 0.487 bits per heavy atom. The summed E-state index contributed by atoms with van der Waals surface area (Å²) in [5.41, 5.74) is 0. The van der Waals surface area contributed by atoms with E-state index in [9.17, 15) is 14.4 Å². The second-order valence-electron chi connectivity index (χ2n) is 24.5. The van der Waals surface area contributed by atoms with Gasteiger partial charge in [-0.1, -0.05) is 365 Å². The molecule has 0 amide bonds. The molecule has 0 aliphatic carbocycles. The standard InChI is InChI=1S/C74H138O6/c1-4-7-10-13-16-19-22-25-28-30-32-34-35-36-37-38-39-40-42-43-46-49-52-55-58-61-64-67-73(76)79-70-71(69-78-72(75)66-63-60-57-54-51-48-45-27-24-21-18-15-12-9-6-3)80-74(77)68-65-62-59-56-53-50-47-44-41-33-31-29-26-23-20-17-14-11-8-5-2/h9,12,18,21,27,45,71H,4-8,10-11,13-17,19-20,22-26,28-44,46-70H2,1-3H3/b12-9-,21-18-,45-27-. The molecule has 0 saturated heterocycles. The molecule has 0 aliphatic heterocycles. The minimum Gasteiger partial charge on any atom is -0.462 e. The van der Waals surface area contributed by atoms with Crippen LogP contribution in [0.25, 0.3) is 0 Å². The predicted octanol–water partition coefficient (Wildman–Crippen LogP) is 24.7. The Bertz CT molecular complexity index is 1340. The zero-order chi connectivity index (χ0) is 57.8. The molecular weight excluding hydrogens is 985 g/mol. The van der Waals surface area contributed by atoms with E-state index >= 15 is 0 Å². The fourth-order valence-corrected chi connectivity index (χ4v) is 11.1. The minimum absolute atomic E-state index is 0.0718. The van der Waals surface area contributed by atoms with Crippen LogP contribution >= 0.6 is 0 Å². The third-order valence-electron chi connectivity index (χ3n) is 16.4. The fraction of sp³-hybridized carbons (Fsp3) is 0.878. The van der Waals surface area contributed by atoms with Crippen molar-refractivity contribution in [3.63, 3.8) is 0 Å². The van der Waals surface area contributed by atoms with Gasteiger partial charge in [0.15, 0.2) is 6.10 Å². The SMILES string of the molecule is CC/C=C\C/C=C\C/C=C\CCCCCCCC(=O)OCC(COC(=O)CCCCCCCCCCCCCCCCCCCCCCCCCCCCC)OC(=O)CCCCCCCCCCCCCCCCCCCCCC. The second-order valence-corrected chi connectivity index (χ2v) is 24.5. The summed E-state index contributed by atoms with van der Waals surface area (Å²) in [6.45, 7) is 6.60. The van der Waals surface area contributed by atoms with E-state index < -0.39 is 6.10 Å². The highest BCUT2D eigenvalue weighted by atomic mass is 16.6. The molecule has 0 N–H and O–H groups in total. The maximum absolute atomic E-state index is 13.0.